The van der Waals surface area contributed by atoms with Crippen LogP contribution in [0, 0.1) is 5.41 Å². The number of aliphatic hydroxyl groups excluding tert-OH is 1. The predicted octanol–water partition coefficient (Wildman–Crippen LogP) is 4.90. The fourth-order valence-corrected chi connectivity index (χ4v) is 4.48. The Kier molecular flexibility index (Phi) is 9.14. The number of amides is 1. The van der Waals surface area contributed by atoms with Gasteiger partial charge in [-0.15, -0.1) is 0 Å². The highest BCUT2D eigenvalue weighted by molar-refractivity contribution is 5.78. The molecule has 0 aliphatic carbocycles. The van der Waals surface area contributed by atoms with Crippen molar-refractivity contribution in [3.8, 4) is 17.4 Å². The lowest BCUT2D eigenvalue weighted by atomic mass is 9.88. The first-order valence-corrected chi connectivity index (χ1v) is 12.9. The zero-order chi connectivity index (χ0) is 26.1. The Morgan fingerprint density at radius 2 is 1.81 bits per heavy atom. The van der Waals surface area contributed by atoms with Gasteiger partial charge in [-0.1, -0.05) is 62.4 Å². The smallest absolute Gasteiger partial charge is 0.237 e. The Bertz CT molecular complexity index is 1150. The lowest BCUT2D eigenvalue weighted by Crippen LogP contribution is -2.41. The van der Waals surface area contributed by atoms with E-state index in [1.165, 1.54) is 0 Å². The second-order valence-electron chi connectivity index (χ2n) is 10.3. The van der Waals surface area contributed by atoms with Crippen LogP contribution in [0.4, 0.5) is 0 Å². The Labute approximate surface area is 219 Å². The summed E-state index contributed by atoms with van der Waals surface area (Å²) in [4.78, 5) is 21.8. The first kappa shape index (κ1) is 26.6. The molecule has 0 saturated heterocycles. The minimum Gasteiger partial charge on any atom is -0.489 e. The molecular weight excluding hydrogens is 466 g/mol. The van der Waals surface area contributed by atoms with Crippen LogP contribution in [0.3, 0.4) is 0 Å². The number of hydrogen-bond donors (Lipinski definition) is 1. The van der Waals surface area contributed by atoms with E-state index in [1.807, 2.05) is 66.7 Å². The summed E-state index contributed by atoms with van der Waals surface area (Å²) in [6, 6.07) is 21.4. The number of para-hydroxylation sites is 2. The zero-order valence-electron chi connectivity index (χ0n) is 21.8. The number of hydrogen-bond acceptors (Lipinski definition) is 6. The van der Waals surface area contributed by atoms with Crippen molar-refractivity contribution in [2.75, 3.05) is 32.8 Å². The third-order valence-electron chi connectivity index (χ3n) is 6.54. The van der Waals surface area contributed by atoms with E-state index in [1.54, 1.807) is 11.1 Å². The summed E-state index contributed by atoms with van der Waals surface area (Å²) >= 11 is 0. The van der Waals surface area contributed by atoms with Gasteiger partial charge in [0, 0.05) is 31.4 Å². The number of rotatable bonds is 6. The zero-order valence-corrected chi connectivity index (χ0v) is 21.8. The van der Waals surface area contributed by atoms with Crippen molar-refractivity contribution >= 4 is 5.91 Å². The Morgan fingerprint density at radius 3 is 2.59 bits per heavy atom. The van der Waals surface area contributed by atoms with Crippen molar-refractivity contribution in [2.24, 2.45) is 5.41 Å². The second-order valence-corrected chi connectivity index (χ2v) is 10.3. The molecule has 0 radical (unpaired) electrons. The molecular formula is C30H37N3O4. The van der Waals surface area contributed by atoms with Crippen LogP contribution in [-0.4, -0.2) is 58.6 Å². The van der Waals surface area contributed by atoms with Gasteiger partial charge in [0.1, 0.15) is 0 Å². The summed E-state index contributed by atoms with van der Waals surface area (Å²) in [6.45, 7) is 7.16. The molecule has 1 aliphatic heterocycles. The molecule has 37 heavy (non-hydrogen) atoms. The van der Waals surface area contributed by atoms with Gasteiger partial charge >= 0.3 is 0 Å². The summed E-state index contributed by atoms with van der Waals surface area (Å²) in [5.41, 5.74) is 1.90. The van der Waals surface area contributed by atoms with Crippen LogP contribution in [0.2, 0.25) is 0 Å². The van der Waals surface area contributed by atoms with Crippen LogP contribution in [0.5, 0.6) is 17.4 Å². The minimum atomic E-state index is -0.0766. The molecule has 7 nitrogen and oxygen atoms in total. The molecule has 2 heterocycles. The number of fused-ring (bicyclic) bond motifs is 2. The van der Waals surface area contributed by atoms with Gasteiger partial charge in [-0.2, -0.15) is 0 Å². The van der Waals surface area contributed by atoms with Crippen LogP contribution < -0.4 is 9.47 Å². The maximum atomic E-state index is 13.4. The molecule has 0 fully saturated rings. The van der Waals surface area contributed by atoms with E-state index in [-0.39, 0.29) is 24.5 Å². The lowest BCUT2D eigenvalue weighted by Gasteiger charge is -2.29. The molecule has 196 valence electrons. The SMILES string of the molecule is CC1(C)CCCN(CC(=O)N(CCO)Cc2ccccc2)Cc2cccnc2Oc2ccccc2OC1. The van der Waals surface area contributed by atoms with E-state index in [0.29, 0.717) is 43.6 Å². The number of benzene rings is 2. The number of aliphatic hydroxyl groups is 1. The fraction of sp³-hybridized carbons (Fsp3) is 0.400. The molecule has 0 saturated carbocycles. The maximum absolute atomic E-state index is 13.4. The number of ether oxygens (including phenoxy) is 2. The molecule has 0 bridgehead atoms. The molecule has 1 amide bonds. The van der Waals surface area contributed by atoms with E-state index in [9.17, 15) is 9.90 Å². The maximum Gasteiger partial charge on any atom is 0.237 e. The van der Waals surface area contributed by atoms with Crippen LogP contribution in [0.1, 0.15) is 37.8 Å². The number of aromatic nitrogens is 1. The van der Waals surface area contributed by atoms with Gasteiger partial charge in [0.2, 0.25) is 11.8 Å². The van der Waals surface area contributed by atoms with Crippen LogP contribution in [0.15, 0.2) is 72.9 Å². The van der Waals surface area contributed by atoms with Crippen molar-refractivity contribution < 1.29 is 19.4 Å². The molecule has 7 heteroatoms. The Balaban J connectivity index is 1.57. The van der Waals surface area contributed by atoms with Gasteiger partial charge < -0.3 is 19.5 Å². The van der Waals surface area contributed by atoms with Crippen molar-refractivity contribution in [3.05, 3.63) is 84.1 Å². The van der Waals surface area contributed by atoms with E-state index < -0.39 is 0 Å². The molecule has 3 aromatic rings. The summed E-state index contributed by atoms with van der Waals surface area (Å²) in [6.07, 6.45) is 3.58. The van der Waals surface area contributed by atoms with Crippen LogP contribution in [0.25, 0.3) is 0 Å². The monoisotopic (exact) mass is 503 g/mol. The van der Waals surface area contributed by atoms with Gasteiger partial charge in [0.15, 0.2) is 11.5 Å². The molecule has 0 unspecified atom stereocenters. The molecule has 0 atom stereocenters. The van der Waals surface area contributed by atoms with E-state index in [4.69, 9.17) is 9.47 Å². The summed E-state index contributed by atoms with van der Waals surface area (Å²) in [7, 11) is 0. The summed E-state index contributed by atoms with van der Waals surface area (Å²) in [5.74, 6) is 1.81. The standard InChI is InChI=1S/C30H37N3O4/c1-30(2)15-9-17-32(22-28(35)33(18-19-34)20-24-10-4-3-5-11-24)21-25-12-8-16-31-29(25)37-27-14-7-6-13-26(27)36-23-30/h3-8,10-14,16,34H,9,15,17-23H2,1-2H3. The third kappa shape index (κ3) is 7.78. The van der Waals surface area contributed by atoms with Crippen molar-refractivity contribution in [1.29, 1.82) is 0 Å². The van der Waals surface area contributed by atoms with Gasteiger partial charge in [-0.05, 0) is 48.6 Å². The van der Waals surface area contributed by atoms with Gasteiger partial charge in [-0.3, -0.25) is 9.69 Å². The van der Waals surface area contributed by atoms with Gasteiger partial charge in [0.05, 0.1) is 19.8 Å². The second kappa shape index (κ2) is 12.7. The number of nitrogens with zero attached hydrogens (tertiary/aromatic N) is 3. The normalized spacial score (nSPS) is 16.0. The summed E-state index contributed by atoms with van der Waals surface area (Å²) < 4.78 is 12.4. The highest BCUT2D eigenvalue weighted by Crippen LogP contribution is 2.34. The molecule has 4 rings (SSSR count). The third-order valence-corrected chi connectivity index (χ3v) is 6.54. The van der Waals surface area contributed by atoms with E-state index in [0.717, 1.165) is 30.5 Å². The van der Waals surface area contributed by atoms with E-state index >= 15 is 0 Å². The summed E-state index contributed by atoms with van der Waals surface area (Å²) in [5, 5.41) is 9.63. The Hall–Kier alpha value is -3.42. The first-order chi connectivity index (χ1) is 17.9. The minimum absolute atomic E-state index is 0.0125. The quantitative estimate of drug-likeness (QED) is 0.516. The fourth-order valence-electron chi connectivity index (χ4n) is 4.48. The van der Waals surface area contributed by atoms with Gasteiger partial charge in [0.25, 0.3) is 0 Å². The van der Waals surface area contributed by atoms with E-state index in [2.05, 4.69) is 23.7 Å². The largest absolute Gasteiger partial charge is 0.489 e. The molecule has 1 N–H and O–H groups in total. The van der Waals surface area contributed by atoms with Gasteiger partial charge in [-0.25, -0.2) is 4.98 Å². The van der Waals surface area contributed by atoms with Crippen LogP contribution >= 0.6 is 0 Å². The number of carbonyl (C=O) groups excluding carboxylic acids is 1. The Morgan fingerprint density at radius 1 is 1.05 bits per heavy atom. The van der Waals surface area contributed by atoms with Crippen LogP contribution in [-0.2, 0) is 17.9 Å². The molecule has 1 aromatic heterocycles. The average molecular weight is 504 g/mol. The number of carbonyl (C=O) groups is 1. The van der Waals surface area contributed by atoms with Crippen molar-refractivity contribution in [3.63, 3.8) is 0 Å². The first-order valence-electron chi connectivity index (χ1n) is 12.9. The molecule has 0 spiro atoms. The highest BCUT2D eigenvalue weighted by Gasteiger charge is 2.24. The highest BCUT2D eigenvalue weighted by atomic mass is 16.5. The number of pyridine rings is 1. The predicted molar refractivity (Wildman–Crippen MR) is 143 cm³/mol. The molecule has 2 aromatic carbocycles. The van der Waals surface area contributed by atoms with Crippen molar-refractivity contribution in [1.82, 2.24) is 14.8 Å². The lowest BCUT2D eigenvalue weighted by molar-refractivity contribution is -0.133. The van der Waals surface area contributed by atoms with Crippen molar-refractivity contribution in [2.45, 2.75) is 39.8 Å². The topological polar surface area (TPSA) is 75.1 Å². The molecule has 1 aliphatic rings. The average Bonchev–Trinajstić information content (AvgIpc) is 2.90.